The number of carbonyl (C=O) groups excluding carboxylic acids is 1. The lowest BCUT2D eigenvalue weighted by atomic mass is 10.1. The normalized spacial score (nSPS) is 10.4. The van der Waals surface area contributed by atoms with E-state index in [2.05, 4.69) is 56.8 Å². The van der Waals surface area contributed by atoms with Crippen molar-refractivity contribution in [1.29, 1.82) is 0 Å². The predicted octanol–water partition coefficient (Wildman–Crippen LogP) is -0.546. The van der Waals surface area contributed by atoms with Crippen LogP contribution in [0.4, 0.5) is 5.82 Å². The highest BCUT2D eigenvalue weighted by molar-refractivity contribution is 5.95. The zero-order chi connectivity index (χ0) is 14.4. The predicted molar refractivity (Wildman–Crippen MR) is 72.7 cm³/mol. The van der Waals surface area contributed by atoms with Crippen LogP contribution in [0.3, 0.4) is 0 Å². The summed E-state index contributed by atoms with van der Waals surface area (Å²) in [5, 5.41) is 11.6. The van der Waals surface area contributed by atoms with Crippen molar-refractivity contribution in [2.24, 2.45) is 0 Å². The van der Waals surface area contributed by atoms with E-state index in [4.69, 9.17) is 5.73 Å². The van der Waals surface area contributed by atoms with Crippen LogP contribution >= 0.6 is 0 Å². The second-order valence-corrected chi connectivity index (χ2v) is 4.52. The van der Waals surface area contributed by atoms with Gasteiger partial charge in [-0.25, -0.2) is 4.63 Å². The Morgan fingerprint density at radius 2 is 2.10 bits per heavy atom. The largest absolute Gasteiger partial charge is 0.379 e. The number of anilines is 1. The number of nitrogens with zero attached hydrogens (tertiary/aromatic N) is 2. The number of quaternary nitrogens is 1. The van der Waals surface area contributed by atoms with E-state index in [-0.39, 0.29) is 17.4 Å². The number of nitrogens with one attached hydrogen (secondary N) is 1. The fourth-order valence-electron chi connectivity index (χ4n) is 1.72. The molecule has 0 saturated heterocycles. The smallest absolute Gasteiger partial charge is 0.277 e. The van der Waals surface area contributed by atoms with Crippen molar-refractivity contribution < 1.29 is 14.7 Å². The first-order valence-electron chi connectivity index (χ1n) is 6.40. The third kappa shape index (κ3) is 3.79. The molecule has 1 heterocycles. The van der Waals surface area contributed by atoms with Gasteiger partial charge < -0.3 is 16.4 Å². The van der Waals surface area contributed by atoms with Gasteiger partial charge >= 0.3 is 0 Å². The molecule has 0 atom stereocenters. The highest BCUT2D eigenvalue weighted by Crippen LogP contribution is 2.02. The van der Waals surface area contributed by atoms with E-state index < -0.39 is 0 Å². The van der Waals surface area contributed by atoms with Crippen molar-refractivity contribution >= 4 is 11.7 Å². The molecule has 7 heteroatoms. The molecule has 7 nitrogen and oxygen atoms in total. The number of aryl methyl sites for hydroxylation is 1. The van der Waals surface area contributed by atoms with E-state index in [0.29, 0.717) is 6.54 Å². The lowest BCUT2D eigenvalue weighted by Gasteiger charge is -2.04. The molecular weight excluding hydrogens is 258 g/mol. The maximum absolute atomic E-state index is 11.6. The van der Waals surface area contributed by atoms with Gasteiger partial charge in [0.05, 0.1) is 13.1 Å². The number of carbonyl (C=O) groups is 1. The summed E-state index contributed by atoms with van der Waals surface area (Å²) in [4.78, 5) is 11.6. The van der Waals surface area contributed by atoms with Crippen molar-refractivity contribution in [2.45, 2.75) is 13.5 Å². The first-order chi connectivity index (χ1) is 9.66. The number of hydrogen-bond acceptors (Lipinski definition) is 5. The molecule has 0 bridgehead atoms. The summed E-state index contributed by atoms with van der Waals surface area (Å²) in [6.45, 7) is 4.24. The highest BCUT2D eigenvalue weighted by Gasteiger charge is 2.15. The van der Waals surface area contributed by atoms with Crippen LogP contribution < -0.4 is 16.4 Å². The van der Waals surface area contributed by atoms with E-state index in [0.717, 1.165) is 13.1 Å². The molecule has 1 aromatic heterocycles. The van der Waals surface area contributed by atoms with E-state index in [1.54, 1.807) is 0 Å². The Morgan fingerprint density at radius 1 is 1.35 bits per heavy atom. The van der Waals surface area contributed by atoms with Gasteiger partial charge in [-0.2, -0.15) is 0 Å². The Kier molecular flexibility index (Phi) is 4.67. The van der Waals surface area contributed by atoms with Crippen LogP contribution in [0, 0.1) is 6.92 Å². The fraction of sp³-hybridized carbons (Fsp3) is 0.308. The van der Waals surface area contributed by atoms with Crippen molar-refractivity contribution in [3.8, 4) is 0 Å². The number of benzene rings is 1. The van der Waals surface area contributed by atoms with Crippen LogP contribution in [0.2, 0.25) is 0 Å². The molecular formula is C13H18N5O2+. The Hall–Kier alpha value is -2.41. The minimum atomic E-state index is -0.368. The molecule has 5 N–H and O–H groups in total. The average Bonchev–Trinajstić information content (AvgIpc) is 2.86. The molecule has 2 aromatic rings. The third-order valence-electron chi connectivity index (χ3n) is 2.86. The Bertz CT molecular complexity index is 564. The molecule has 0 unspecified atom stereocenters. The number of hydrogen-bond donors (Lipinski definition) is 3. The zero-order valence-corrected chi connectivity index (χ0v) is 11.3. The Morgan fingerprint density at radius 3 is 2.75 bits per heavy atom. The maximum Gasteiger partial charge on any atom is 0.277 e. The molecule has 2 rings (SSSR count). The second-order valence-electron chi connectivity index (χ2n) is 4.52. The fourth-order valence-corrected chi connectivity index (χ4v) is 1.72. The van der Waals surface area contributed by atoms with Crippen molar-refractivity contribution in [1.82, 2.24) is 15.6 Å². The topological polar surface area (TPSA) is 111 Å². The molecule has 20 heavy (non-hydrogen) atoms. The van der Waals surface area contributed by atoms with Crippen LogP contribution in [-0.4, -0.2) is 29.3 Å². The number of nitrogens with two attached hydrogens (primary N) is 2. The molecule has 0 fully saturated rings. The SMILES string of the molecule is Cc1ccc(C[NH2+]CCNC(=O)c2nonc2N)cc1. The van der Waals surface area contributed by atoms with E-state index >= 15 is 0 Å². The molecule has 0 radical (unpaired) electrons. The number of rotatable bonds is 6. The molecule has 0 spiro atoms. The average molecular weight is 276 g/mol. The Balaban J connectivity index is 1.66. The van der Waals surface area contributed by atoms with E-state index in [1.807, 2.05) is 0 Å². The summed E-state index contributed by atoms with van der Waals surface area (Å²) >= 11 is 0. The summed E-state index contributed by atoms with van der Waals surface area (Å²) in [5.74, 6) is -0.362. The number of nitrogen functional groups attached to an aromatic ring is 1. The quantitative estimate of drug-likeness (QED) is 0.613. The van der Waals surface area contributed by atoms with Crippen molar-refractivity contribution in [3.63, 3.8) is 0 Å². The van der Waals surface area contributed by atoms with E-state index in [1.165, 1.54) is 11.1 Å². The van der Waals surface area contributed by atoms with Gasteiger partial charge in [-0.15, -0.1) is 0 Å². The van der Waals surface area contributed by atoms with Crippen molar-refractivity contribution in [3.05, 3.63) is 41.1 Å². The minimum Gasteiger partial charge on any atom is -0.379 e. The molecule has 0 saturated carbocycles. The number of amides is 1. The molecule has 1 amide bonds. The van der Waals surface area contributed by atoms with Gasteiger partial charge in [-0.05, 0) is 17.2 Å². The van der Waals surface area contributed by atoms with Gasteiger partial charge in [0.15, 0.2) is 0 Å². The van der Waals surface area contributed by atoms with Crippen molar-refractivity contribution in [2.75, 3.05) is 18.8 Å². The third-order valence-corrected chi connectivity index (χ3v) is 2.86. The highest BCUT2D eigenvalue weighted by atomic mass is 16.6. The first kappa shape index (κ1) is 14.0. The lowest BCUT2D eigenvalue weighted by molar-refractivity contribution is -0.668. The van der Waals surface area contributed by atoms with Gasteiger partial charge in [0, 0.05) is 5.56 Å². The van der Waals surface area contributed by atoms with Gasteiger partial charge in [0.2, 0.25) is 11.5 Å². The molecule has 0 aliphatic heterocycles. The van der Waals surface area contributed by atoms with Gasteiger partial charge in [-0.1, -0.05) is 29.8 Å². The lowest BCUT2D eigenvalue weighted by Crippen LogP contribution is -2.84. The summed E-state index contributed by atoms with van der Waals surface area (Å²) in [5.41, 5.74) is 7.96. The van der Waals surface area contributed by atoms with Crippen LogP contribution in [-0.2, 0) is 6.54 Å². The van der Waals surface area contributed by atoms with Gasteiger partial charge in [-0.3, -0.25) is 4.79 Å². The summed E-state index contributed by atoms with van der Waals surface area (Å²) < 4.78 is 4.37. The van der Waals surface area contributed by atoms with E-state index in [9.17, 15) is 4.79 Å². The monoisotopic (exact) mass is 276 g/mol. The molecule has 0 aliphatic rings. The van der Waals surface area contributed by atoms with Gasteiger partial charge in [0.25, 0.3) is 5.91 Å². The standard InChI is InChI=1S/C13H17N5O2/c1-9-2-4-10(5-3-9)8-15-6-7-16-13(19)11-12(14)18-20-17-11/h2-5,15H,6-8H2,1H3,(H2,14,18)(H,16,19)/p+1. The van der Waals surface area contributed by atoms with Gasteiger partial charge in [0.1, 0.15) is 6.54 Å². The zero-order valence-electron chi connectivity index (χ0n) is 11.3. The van der Waals surface area contributed by atoms with Crippen LogP contribution in [0.5, 0.6) is 0 Å². The Labute approximate surface area is 116 Å². The minimum absolute atomic E-state index is 0.00568. The van der Waals surface area contributed by atoms with Crippen LogP contribution in [0.15, 0.2) is 28.9 Å². The van der Waals surface area contributed by atoms with Crippen LogP contribution in [0.1, 0.15) is 21.6 Å². The summed E-state index contributed by atoms with van der Waals surface area (Å²) in [6.07, 6.45) is 0. The maximum atomic E-state index is 11.6. The summed E-state index contributed by atoms with van der Waals surface area (Å²) in [6, 6.07) is 8.38. The molecule has 0 aliphatic carbocycles. The van der Waals surface area contributed by atoms with Crippen LogP contribution in [0.25, 0.3) is 0 Å². The number of aromatic nitrogens is 2. The summed E-state index contributed by atoms with van der Waals surface area (Å²) in [7, 11) is 0. The molecule has 1 aromatic carbocycles. The first-order valence-corrected chi connectivity index (χ1v) is 6.40. The second kappa shape index (κ2) is 6.67. The molecule has 106 valence electrons.